The third kappa shape index (κ3) is 4.61. The molecule has 2 aliphatic carbocycles. The van der Waals surface area contributed by atoms with Gasteiger partial charge in [-0.15, -0.1) is 0 Å². The van der Waals surface area contributed by atoms with Gasteiger partial charge in [0.05, 0.1) is 41.7 Å². The van der Waals surface area contributed by atoms with Crippen molar-refractivity contribution in [1.29, 1.82) is 0 Å². The summed E-state index contributed by atoms with van der Waals surface area (Å²) in [5.41, 5.74) is 0.179. The predicted octanol–water partition coefficient (Wildman–Crippen LogP) is 5.83. The number of phenols is 2. The number of ether oxygens (including phenoxy) is 1. The van der Waals surface area contributed by atoms with E-state index in [9.17, 15) is 34.5 Å². The Hall–Kier alpha value is -5.94. The van der Waals surface area contributed by atoms with Crippen LogP contribution in [-0.4, -0.2) is 52.0 Å². The first-order valence-electron chi connectivity index (χ1n) is 16.7. The fourth-order valence-electron chi connectivity index (χ4n) is 9.12. The highest BCUT2D eigenvalue weighted by Crippen LogP contribution is 2.65. The van der Waals surface area contributed by atoms with Gasteiger partial charge in [-0.2, -0.15) is 0 Å². The Balaban J connectivity index is 1.34. The molecule has 4 amide bonds. The lowest BCUT2D eigenvalue weighted by Gasteiger charge is -2.51. The number of rotatable bonds is 6. The second-order valence-corrected chi connectivity index (χ2v) is 14.0. The number of allylic oxidation sites excluding steroid dienone is 2. The molecule has 0 radical (unpaired) electrons. The van der Waals surface area contributed by atoms with Crippen molar-refractivity contribution in [3.63, 3.8) is 0 Å². The maximum atomic E-state index is 15.3. The molecule has 262 valence electrons. The van der Waals surface area contributed by atoms with Gasteiger partial charge in [0.25, 0.3) is 0 Å². The van der Waals surface area contributed by atoms with Gasteiger partial charge in [-0.3, -0.25) is 19.2 Å². The van der Waals surface area contributed by atoms with E-state index in [4.69, 9.17) is 16.3 Å². The maximum absolute atomic E-state index is 15.3. The molecule has 0 unspecified atom stereocenters. The number of amides is 4. The quantitative estimate of drug-likeness (QED) is 0.165. The van der Waals surface area contributed by atoms with Gasteiger partial charge in [-0.05, 0) is 60.7 Å². The molecule has 0 spiro atoms. The van der Waals surface area contributed by atoms with Gasteiger partial charge in [-0.25, -0.2) is 14.6 Å². The molecule has 0 bridgehead atoms. The van der Waals surface area contributed by atoms with E-state index in [1.54, 1.807) is 42.5 Å². The van der Waals surface area contributed by atoms with Gasteiger partial charge in [0.15, 0.2) is 0 Å². The zero-order chi connectivity index (χ0) is 36.6. The molecule has 2 heterocycles. The second-order valence-electron chi connectivity index (χ2n) is 13.5. The number of carboxylic acids is 1. The number of anilines is 2. The minimum absolute atomic E-state index is 0.0268. The Kier molecular flexibility index (Phi) is 7.72. The fourth-order valence-corrected chi connectivity index (χ4v) is 9.31. The second kappa shape index (κ2) is 12.1. The predicted molar refractivity (Wildman–Crippen MR) is 188 cm³/mol. The topological polar surface area (TPSA) is 162 Å². The smallest absolute Gasteiger partial charge is 0.339 e. The summed E-state index contributed by atoms with van der Waals surface area (Å²) in [4.78, 5) is 72.5. The summed E-state index contributed by atoms with van der Waals surface area (Å²) in [6, 6.07) is 23.6. The summed E-state index contributed by atoms with van der Waals surface area (Å²) in [6.45, 7) is 0. The summed E-state index contributed by atoms with van der Waals surface area (Å²) in [5, 5.41) is 30.7. The van der Waals surface area contributed by atoms with E-state index in [1.807, 2.05) is 24.3 Å². The molecule has 52 heavy (non-hydrogen) atoms. The summed E-state index contributed by atoms with van der Waals surface area (Å²) in [6.07, 6.45) is 2.09. The van der Waals surface area contributed by atoms with Crippen LogP contribution in [-0.2, 0) is 24.6 Å². The van der Waals surface area contributed by atoms with Crippen LogP contribution in [0.15, 0.2) is 103 Å². The molecule has 1 saturated carbocycles. The molecule has 2 saturated heterocycles. The molecule has 3 fully saturated rings. The standard InChI is InChI=1S/C40H31ClN2O9/c1-52-32-18-24(44)11-13-27(32)34-25-14-15-28-33(37(48)42(35(28)46)23-10-12-26(38(49)50)31(45)17-23)29(25)19-30-36(47)43(22-9-5-8-21(41)16-22)39(51)40(30,34)20-6-3-2-4-7-20/h2-14,16-18,28-30,33-34,44-45H,15,19H2,1H3,(H,49,50)/t28-,29+,30-,33-,34+,40+/m0/s1. The number of imide groups is 2. The van der Waals surface area contributed by atoms with E-state index in [0.717, 1.165) is 17.0 Å². The molecule has 4 aliphatic rings. The van der Waals surface area contributed by atoms with Crippen molar-refractivity contribution in [3.05, 3.63) is 124 Å². The number of carboxylic acid groups (broad SMARTS) is 1. The Morgan fingerprint density at radius 2 is 1.58 bits per heavy atom. The molecule has 4 aromatic rings. The van der Waals surface area contributed by atoms with Crippen molar-refractivity contribution < 1.29 is 44.0 Å². The number of phenolic OH excluding ortho intramolecular Hbond substituents is 1. The van der Waals surface area contributed by atoms with Crippen LogP contribution in [0.2, 0.25) is 5.02 Å². The molecule has 8 rings (SSSR count). The number of benzene rings is 4. The zero-order valence-electron chi connectivity index (χ0n) is 27.6. The highest BCUT2D eigenvalue weighted by Gasteiger charge is 2.70. The molecule has 2 aliphatic heterocycles. The van der Waals surface area contributed by atoms with Gasteiger partial charge < -0.3 is 20.1 Å². The lowest BCUT2D eigenvalue weighted by Crippen LogP contribution is -2.53. The van der Waals surface area contributed by atoms with Crippen molar-refractivity contribution in [3.8, 4) is 17.2 Å². The molecule has 4 aromatic carbocycles. The average Bonchev–Trinajstić information content (AvgIpc) is 3.52. The number of halogens is 1. The summed E-state index contributed by atoms with van der Waals surface area (Å²) < 4.78 is 5.81. The third-order valence-corrected chi connectivity index (χ3v) is 11.4. The minimum Gasteiger partial charge on any atom is -0.508 e. The first-order chi connectivity index (χ1) is 25.0. The molecule has 12 heteroatoms. The van der Waals surface area contributed by atoms with E-state index in [2.05, 4.69) is 0 Å². The molecule has 0 aromatic heterocycles. The molecular weight excluding hydrogens is 688 g/mol. The van der Waals surface area contributed by atoms with Crippen LogP contribution >= 0.6 is 11.6 Å². The van der Waals surface area contributed by atoms with Crippen molar-refractivity contribution in [2.45, 2.75) is 24.2 Å². The SMILES string of the molecule is COc1cc(O)ccc1[C@H]1C2=CC[C@@H]3C(=O)N(c4ccc(C(=O)O)c(O)c4)C(=O)[C@@H]3[C@@H]2C[C@H]2C(=O)N(c3cccc(Cl)c3)C(=O)[C@@]12c1ccccc1. The number of methoxy groups -OCH3 is 1. The highest BCUT2D eigenvalue weighted by molar-refractivity contribution is 6.32. The monoisotopic (exact) mass is 718 g/mol. The Morgan fingerprint density at radius 1 is 0.827 bits per heavy atom. The third-order valence-electron chi connectivity index (χ3n) is 11.2. The molecular formula is C40H31ClN2O9. The van der Waals surface area contributed by atoms with Crippen molar-refractivity contribution in [2.75, 3.05) is 16.9 Å². The van der Waals surface area contributed by atoms with E-state index in [1.165, 1.54) is 30.2 Å². The van der Waals surface area contributed by atoms with Crippen LogP contribution in [0.3, 0.4) is 0 Å². The van der Waals surface area contributed by atoms with E-state index in [0.29, 0.717) is 27.4 Å². The summed E-state index contributed by atoms with van der Waals surface area (Å²) in [7, 11) is 1.44. The fraction of sp³-hybridized carbons (Fsp3) is 0.225. The molecule has 3 N–H and O–H groups in total. The number of aromatic carboxylic acids is 1. The van der Waals surface area contributed by atoms with Crippen LogP contribution < -0.4 is 14.5 Å². The Bertz CT molecular complexity index is 2250. The largest absolute Gasteiger partial charge is 0.508 e. The van der Waals surface area contributed by atoms with Crippen LogP contribution in [0.4, 0.5) is 11.4 Å². The van der Waals surface area contributed by atoms with Crippen molar-refractivity contribution in [2.24, 2.45) is 23.7 Å². The van der Waals surface area contributed by atoms with E-state index in [-0.39, 0.29) is 35.6 Å². The van der Waals surface area contributed by atoms with E-state index >= 15 is 4.79 Å². The van der Waals surface area contributed by atoms with Crippen LogP contribution in [0.1, 0.15) is 40.2 Å². The summed E-state index contributed by atoms with van der Waals surface area (Å²) in [5.74, 6) is -8.13. The lowest BCUT2D eigenvalue weighted by atomic mass is 9.49. The number of hydrogen-bond donors (Lipinski definition) is 3. The first kappa shape index (κ1) is 33.2. The molecule has 6 atom stereocenters. The van der Waals surface area contributed by atoms with Crippen LogP contribution in [0.5, 0.6) is 17.2 Å². The summed E-state index contributed by atoms with van der Waals surface area (Å²) >= 11 is 6.37. The maximum Gasteiger partial charge on any atom is 0.339 e. The minimum atomic E-state index is -1.54. The number of carbonyl (C=O) groups excluding carboxylic acids is 4. The zero-order valence-corrected chi connectivity index (χ0v) is 28.4. The molecule has 11 nitrogen and oxygen atoms in total. The Labute approximate surface area is 302 Å². The first-order valence-corrected chi connectivity index (χ1v) is 17.1. The highest BCUT2D eigenvalue weighted by atomic mass is 35.5. The van der Waals surface area contributed by atoms with Gasteiger partial charge in [0, 0.05) is 28.6 Å². The van der Waals surface area contributed by atoms with Gasteiger partial charge >= 0.3 is 5.97 Å². The number of nitrogens with zero attached hydrogens (tertiary/aromatic N) is 2. The average molecular weight is 719 g/mol. The normalized spacial score (nSPS) is 26.5. The lowest BCUT2D eigenvalue weighted by molar-refractivity contribution is -0.127. The number of hydrogen-bond acceptors (Lipinski definition) is 8. The van der Waals surface area contributed by atoms with Crippen LogP contribution in [0, 0.1) is 23.7 Å². The van der Waals surface area contributed by atoms with Gasteiger partial charge in [-0.1, -0.05) is 65.7 Å². The van der Waals surface area contributed by atoms with Crippen LogP contribution in [0.25, 0.3) is 0 Å². The van der Waals surface area contributed by atoms with Crippen molar-refractivity contribution in [1.82, 2.24) is 0 Å². The Morgan fingerprint density at radius 3 is 2.27 bits per heavy atom. The number of carbonyl (C=O) groups is 5. The number of fused-ring (bicyclic) bond motifs is 4. The van der Waals surface area contributed by atoms with Crippen molar-refractivity contribution >= 4 is 52.6 Å². The van der Waals surface area contributed by atoms with Gasteiger partial charge in [0.2, 0.25) is 23.6 Å². The van der Waals surface area contributed by atoms with Gasteiger partial charge in [0.1, 0.15) is 22.8 Å². The number of aromatic hydroxyl groups is 2. The van der Waals surface area contributed by atoms with E-state index < -0.39 is 70.4 Å².